The largest absolute Gasteiger partial charge is 0.343 e. The number of nitrogens with zero attached hydrogens (tertiary/aromatic N) is 1. The molecule has 2 N–H and O–H groups in total. The summed E-state index contributed by atoms with van der Waals surface area (Å²) in [7, 11) is 0. The zero-order valence-corrected chi connectivity index (χ0v) is 23.3. The lowest BCUT2D eigenvalue weighted by molar-refractivity contribution is -0.122. The minimum atomic E-state index is -2.66. The topological polar surface area (TPSA) is 69.6 Å². The first-order chi connectivity index (χ1) is 20.4. The highest BCUT2D eigenvalue weighted by molar-refractivity contribution is 7.80. The third-order valence-corrected chi connectivity index (χ3v) is 7.69. The second-order valence-corrected chi connectivity index (χ2v) is 10.6. The van der Waals surface area contributed by atoms with Crippen LogP contribution in [0.5, 0.6) is 0 Å². The number of benzene rings is 5. The van der Waals surface area contributed by atoms with Gasteiger partial charge in [0.05, 0.1) is 11.7 Å². The Kier molecular flexibility index (Phi) is 9.16. The van der Waals surface area contributed by atoms with Crippen molar-refractivity contribution in [1.29, 1.82) is 0 Å². The van der Waals surface area contributed by atoms with E-state index in [0.29, 0.717) is 5.69 Å². The molecule has 0 radical (unpaired) electrons. The van der Waals surface area contributed by atoms with Gasteiger partial charge in [0.25, 0.3) is 11.3 Å². The fourth-order valence-electron chi connectivity index (χ4n) is 4.93. The van der Waals surface area contributed by atoms with Crippen LogP contribution in [0.2, 0.25) is 0 Å². The molecular weight excluding hydrogens is 554 g/mol. The van der Waals surface area contributed by atoms with Crippen molar-refractivity contribution in [2.75, 3.05) is 4.31 Å². The van der Waals surface area contributed by atoms with Gasteiger partial charge in [0.15, 0.2) is 0 Å². The molecule has 5 rings (SSSR count). The maximum atomic E-state index is 14.2. The molecule has 2 atom stereocenters. The Morgan fingerprint density at radius 1 is 0.714 bits per heavy atom. The Morgan fingerprint density at radius 3 is 1.69 bits per heavy atom. The van der Waals surface area contributed by atoms with E-state index in [0.717, 1.165) is 44.8 Å². The Labute approximate surface area is 245 Å². The maximum absolute atomic E-state index is 14.2. The van der Waals surface area contributed by atoms with Crippen molar-refractivity contribution in [3.8, 4) is 11.1 Å². The van der Waals surface area contributed by atoms with E-state index in [1.807, 2.05) is 91.0 Å². The molecule has 5 aromatic carbocycles. The lowest BCUT2D eigenvalue weighted by Gasteiger charge is -2.31. The van der Waals surface area contributed by atoms with E-state index < -0.39 is 40.9 Å². The molecule has 0 saturated heterocycles. The summed E-state index contributed by atoms with van der Waals surface area (Å²) in [6.07, 6.45) is -0.233. The molecule has 0 aliphatic rings. The molecule has 0 aliphatic heterocycles. The highest BCUT2D eigenvalue weighted by Crippen LogP contribution is 2.28. The lowest BCUT2D eigenvalue weighted by Crippen LogP contribution is -2.50. The van der Waals surface area contributed by atoms with Crippen molar-refractivity contribution in [2.45, 2.75) is 18.5 Å². The number of carbonyl (C=O) groups excluding carboxylic acids is 1. The number of hydrogen-bond acceptors (Lipinski definition) is 2. The van der Waals surface area contributed by atoms with Gasteiger partial charge in [0.2, 0.25) is 5.91 Å². The van der Waals surface area contributed by atoms with Crippen LogP contribution in [-0.4, -0.2) is 20.7 Å². The van der Waals surface area contributed by atoms with Crippen molar-refractivity contribution < 1.29 is 22.3 Å². The Morgan fingerprint density at radius 2 is 1.19 bits per heavy atom. The second kappa shape index (κ2) is 13.3. The van der Waals surface area contributed by atoms with Crippen molar-refractivity contribution in [3.05, 3.63) is 162 Å². The van der Waals surface area contributed by atoms with Gasteiger partial charge < -0.3 is 5.32 Å². The highest BCUT2D eigenvalue weighted by Gasteiger charge is 2.33. The number of carbonyl (C=O) groups is 1. The molecule has 0 heterocycles. The molecule has 0 bridgehead atoms. The first-order valence-electron chi connectivity index (χ1n) is 13.3. The zero-order valence-electron chi connectivity index (χ0n) is 22.4. The van der Waals surface area contributed by atoms with Crippen molar-refractivity contribution in [1.82, 2.24) is 5.32 Å². The SMILES string of the molecule is O=C(NC(c1ccccc1)c1ccccc1)C(Cc1cc(F)cc(F)c1)N(c1ccc(-c2ccccc2)cc1)S(=O)O. The predicted molar refractivity (Wildman–Crippen MR) is 162 cm³/mol. The van der Waals surface area contributed by atoms with Crippen molar-refractivity contribution in [2.24, 2.45) is 0 Å². The fraction of sp³-hybridized carbons (Fsp3) is 0.0882. The minimum Gasteiger partial charge on any atom is -0.343 e. The molecule has 0 spiro atoms. The summed E-state index contributed by atoms with van der Waals surface area (Å²) in [4.78, 5) is 14.1. The number of anilines is 1. The van der Waals surface area contributed by atoms with E-state index >= 15 is 0 Å². The zero-order chi connectivity index (χ0) is 29.5. The number of nitrogens with one attached hydrogen (secondary N) is 1. The standard InChI is InChI=1S/C34H28F2N2O3S/c35-29-20-24(21-30(36)23-29)22-32(34(39)37-33(27-12-6-2-7-13-27)28-14-8-3-9-15-28)38(42(40)41)31-18-16-26(17-19-31)25-10-4-1-5-11-25/h1-21,23,32-33H,22H2,(H,37,39)(H,40,41). The Bertz CT molecular complexity index is 1590. The maximum Gasteiger partial charge on any atom is 0.262 e. The molecule has 0 saturated carbocycles. The van der Waals surface area contributed by atoms with Crippen molar-refractivity contribution in [3.63, 3.8) is 0 Å². The van der Waals surface area contributed by atoms with Gasteiger partial charge in [-0.25, -0.2) is 13.0 Å². The second-order valence-electron chi connectivity index (χ2n) is 9.73. The van der Waals surface area contributed by atoms with Crippen LogP contribution in [0.15, 0.2) is 133 Å². The minimum absolute atomic E-state index is 0.167. The molecule has 1 amide bonds. The molecule has 0 aromatic heterocycles. The van der Waals surface area contributed by atoms with E-state index in [1.165, 1.54) is 0 Å². The van der Waals surface area contributed by atoms with E-state index in [2.05, 4.69) is 5.32 Å². The normalized spacial score (nSPS) is 12.5. The van der Waals surface area contributed by atoms with Crippen LogP contribution in [0.25, 0.3) is 11.1 Å². The van der Waals surface area contributed by atoms with Crippen LogP contribution in [0.4, 0.5) is 14.5 Å². The molecule has 212 valence electrons. The van der Waals surface area contributed by atoms with Crippen LogP contribution in [0.3, 0.4) is 0 Å². The summed E-state index contributed by atoms with van der Waals surface area (Å²) in [5.41, 5.74) is 3.90. The van der Waals surface area contributed by atoms with Gasteiger partial charge in [-0.1, -0.05) is 103 Å². The Hall–Kier alpha value is -4.66. The van der Waals surface area contributed by atoms with E-state index in [-0.39, 0.29) is 12.0 Å². The fourth-order valence-corrected chi connectivity index (χ4v) is 5.62. The Balaban J connectivity index is 1.54. The summed E-state index contributed by atoms with van der Waals surface area (Å²) in [5, 5.41) is 3.03. The molecule has 2 unspecified atom stereocenters. The summed E-state index contributed by atoms with van der Waals surface area (Å²) in [6, 6.07) is 36.2. The van der Waals surface area contributed by atoms with Crippen LogP contribution in [0, 0.1) is 11.6 Å². The molecule has 42 heavy (non-hydrogen) atoms. The van der Waals surface area contributed by atoms with Gasteiger partial charge in [-0.05, 0) is 52.1 Å². The van der Waals surface area contributed by atoms with Crippen LogP contribution in [-0.2, 0) is 22.5 Å². The van der Waals surface area contributed by atoms with E-state index in [4.69, 9.17) is 0 Å². The third kappa shape index (κ3) is 6.97. The van der Waals surface area contributed by atoms with Crippen molar-refractivity contribution >= 4 is 22.9 Å². The summed E-state index contributed by atoms with van der Waals surface area (Å²) >= 11 is -2.66. The summed E-state index contributed by atoms with van der Waals surface area (Å²) in [6.45, 7) is 0. The summed E-state index contributed by atoms with van der Waals surface area (Å²) < 4.78 is 52.7. The first-order valence-corrected chi connectivity index (χ1v) is 14.4. The quantitative estimate of drug-likeness (QED) is 0.173. The van der Waals surface area contributed by atoms with Gasteiger partial charge in [-0.3, -0.25) is 13.7 Å². The number of halogens is 2. The van der Waals surface area contributed by atoms with E-state index in [9.17, 15) is 22.3 Å². The monoisotopic (exact) mass is 582 g/mol. The number of amides is 1. The van der Waals surface area contributed by atoms with Gasteiger partial charge in [-0.2, -0.15) is 0 Å². The average molecular weight is 583 g/mol. The first kappa shape index (κ1) is 28.9. The highest BCUT2D eigenvalue weighted by atomic mass is 32.2. The molecular formula is C34H28F2N2O3S. The van der Waals surface area contributed by atoms with Crippen LogP contribution in [0.1, 0.15) is 22.7 Å². The van der Waals surface area contributed by atoms with Crippen LogP contribution < -0.4 is 9.62 Å². The smallest absolute Gasteiger partial charge is 0.262 e. The third-order valence-electron chi connectivity index (χ3n) is 6.89. The van der Waals surface area contributed by atoms with E-state index in [1.54, 1.807) is 24.3 Å². The molecule has 0 aliphatic carbocycles. The number of rotatable bonds is 10. The number of hydrogen-bond donors (Lipinski definition) is 2. The molecule has 5 nitrogen and oxygen atoms in total. The lowest BCUT2D eigenvalue weighted by atomic mass is 9.97. The summed E-state index contributed by atoms with van der Waals surface area (Å²) in [5.74, 6) is -2.20. The molecule has 8 heteroatoms. The van der Waals surface area contributed by atoms with Crippen LogP contribution >= 0.6 is 0 Å². The van der Waals surface area contributed by atoms with Gasteiger partial charge in [0, 0.05) is 12.5 Å². The predicted octanol–water partition coefficient (Wildman–Crippen LogP) is 7.09. The molecule has 0 fully saturated rings. The van der Waals surface area contributed by atoms with Gasteiger partial charge >= 0.3 is 0 Å². The average Bonchev–Trinajstić information content (AvgIpc) is 3.00. The molecule has 5 aromatic rings. The van der Waals surface area contributed by atoms with Gasteiger partial charge in [0.1, 0.15) is 17.7 Å². The van der Waals surface area contributed by atoms with Gasteiger partial charge in [-0.15, -0.1) is 0 Å².